The van der Waals surface area contributed by atoms with Gasteiger partial charge in [-0.05, 0) is 89.9 Å². The summed E-state index contributed by atoms with van der Waals surface area (Å²) in [5.74, 6) is -0.990. The molecule has 1 aliphatic heterocycles. The van der Waals surface area contributed by atoms with E-state index in [0.29, 0.717) is 19.3 Å². The van der Waals surface area contributed by atoms with Gasteiger partial charge in [0.2, 0.25) is 0 Å². The van der Waals surface area contributed by atoms with E-state index in [1.54, 1.807) is 0 Å². The predicted octanol–water partition coefficient (Wildman–Crippen LogP) is 11.3. The van der Waals surface area contributed by atoms with Gasteiger partial charge >= 0.3 is 19.8 Å². The number of allylic oxidation sites excluding steroid dienone is 10. The van der Waals surface area contributed by atoms with Crippen LogP contribution < -0.4 is 0 Å². The first-order valence-electron chi connectivity index (χ1n) is 20.4. The fourth-order valence-electron chi connectivity index (χ4n) is 5.41. The second kappa shape index (κ2) is 34.0. The lowest BCUT2D eigenvalue weighted by Gasteiger charge is -2.18. The number of phosphoric acid groups is 1. The maximum Gasteiger partial charge on any atom is 0.469 e. The number of hydrogen-bond acceptors (Lipinski definition) is 7. The molecule has 302 valence electrons. The molecule has 2 unspecified atom stereocenters. The molecule has 3 atom stereocenters. The van der Waals surface area contributed by atoms with Crippen molar-refractivity contribution in [1.82, 2.24) is 0 Å². The summed E-state index contributed by atoms with van der Waals surface area (Å²) in [6, 6.07) is 0. The minimum absolute atomic E-state index is 0.119. The van der Waals surface area contributed by atoms with Crippen LogP contribution >= 0.6 is 7.82 Å². The molecule has 1 rings (SSSR count). The molecular formula is C43H71O9P. The van der Waals surface area contributed by atoms with Crippen molar-refractivity contribution in [1.29, 1.82) is 0 Å². The largest absolute Gasteiger partial charge is 0.469 e. The van der Waals surface area contributed by atoms with Crippen LogP contribution in [0.5, 0.6) is 0 Å². The molecule has 10 heteroatoms. The van der Waals surface area contributed by atoms with E-state index in [4.69, 9.17) is 24.0 Å². The van der Waals surface area contributed by atoms with Gasteiger partial charge in [-0.2, -0.15) is 0 Å². The molecule has 0 bridgehead atoms. The topological polar surface area (TPSA) is 132 Å². The first-order chi connectivity index (χ1) is 25.7. The van der Waals surface area contributed by atoms with Crippen molar-refractivity contribution in [3.8, 4) is 0 Å². The van der Waals surface area contributed by atoms with Crippen molar-refractivity contribution < 1.29 is 42.7 Å². The molecule has 0 saturated carbocycles. The zero-order valence-corrected chi connectivity index (χ0v) is 33.7. The molecule has 0 aromatic heterocycles. The van der Waals surface area contributed by atoms with Crippen LogP contribution in [0, 0.1) is 0 Å². The molecule has 0 aromatic carbocycles. The van der Waals surface area contributed by atoms with Gasteiger partial charge in [0.15, 0.2) is 6.10 Å². The highest BCUT2D eigenvalue weighted by Crippen LogP contribution is 2.36. The van der Waals surface area contributed by atoms with Crippen molar-refractivity contribution in [2.24, 2.45) is 0 Å². The van der Waals surface area contributed by atoms with Crippen LogP contribution in [-0.2, 0) is 32.9 Å². The molecule has 1 saturated heterocycles. The first-order valence-corrected chi connectivity index (χ1v) is 21.9. The smallest absolute Gasteiger partial charge is 0.462 e. The number of ether oxygens (including phenoxy) is 3. The minimum atomic E-state index is -4.78. The third-order valence-electron chi connectivity index (χ3n) is 8.60. The summed E-state index contributed by atoms with van der Waals surface area (Å²) < 4.78 is 32.1. The minimum Gasteiger partial charge on any atom is -0.462 e. The Bertz CT molecular complexity index is 1150. The molecule has 0 aliphatic carbocycles. The van der Waals surface area contributed by atoms with Gasteiger partial charge in [-0.25, -0.2) is 4.57 Å². The van der Waals surface area contributed by atoms with Gasteiger partial charge < -0.3 is 24.0 Å². The number of rotatable bonds is 35. The van der Waals surface area contributed by atoms with Crippen molar-refractivity contribution in [2.45, 2.75) is 173 Å². The van der Waals surface area contributed by atoms with E-state index < -0.39 is 32.5 Å². The van der Waals surface area contributed by atoms with Crippen LogP contribution in [0.25, 0.3) is 0 Å². The van der Waals surface area contributed by atoms with Gasteiger partial charge in [0, 0.05) is 12.8 Å². The number of phosphoric ester groups is 1. The van der Waals surface area contributed by atoms with Gasteiger partial charge in [-0.15, -0.1) is 0 Å². The summed E-state index contributed by atoms with van der Waals surface area (Å²) in [7, 11) is -4.78. The lowest BCUT2D eigenvalue weighted by molar-refractivity contribution is -0.161. The second-order valence-corrected chi connectivity index (χ2v) is 14.9. The lowest BCUT2D eigenvalue weighted by Crippen LogP contribution is -2.29. The van der Waals surface area contributed by atoms with Crippen molar-refractivity contribution >= 4 is 19.8 Å². The summed E-state index contributed by atoms with van der Waals surface area (Å²) in [6.45, 7) is 3.54. The van der Waals surface area contributed by atoms with E-state index in [-0.39, 0.29) is 31.7 Å². The molecule has 0 spiro atoms. The van der Waals surface area contributed by atoms with E-state index in [0.717, 1.165) is 64.2 Å². The summed E-state index contributed by atoms with van der Waals surface area (Å²) in [4.78, 5) is 42.9. The van der Waals surface area contributed by atoms with Crippen LogP contribution in [0.1, 0.15) is 155 Å². The Morgan fingerprint density at radius 3 is 1.60 bits per heavy atom. The first kappa shape index (κ1) is 48.5. The molecule has 0 aromatic rings. The number of unbranched alkanes of at least 4 members (excludes halogenated alkanes) is 11. The van der Waals surface area contributed by atoms with Gasteiger partial charge in [-0.3, -0.25) is 14.1 Å². The number of carbonyl (C=O) groups excluding carboxylic acids is 2. The zero-order chi connectivity index (χ0) is 38.7. The van der Waals surface area contributed by atoms with Crippen molar-refractivity contribution in [2.75, 3.05) is 13.2 Å². The van der Waals surface area contributed by atoms with E-state index in [1.165, 1.54) is 44.9 Å². The van der Waals surface area contributed by atoms with Gasteiger partial charge in [0.05, 0.1) is 18.8 Å². The number of esters is 2. The maximum atomic E-state index is 12.4. The predicted molar refractivity (Wildman–Crippen MR) is 215 cm³/mol. The SMILES string of the molecule is CCCCC/C=C\C/C=C\C/C=C\CCCCCCC(=O)OC[C@H](COP(=O)(O)O)OC(=O)CCC/C=C\CC1OC1C/C=C\C/C=C\CCCCC. The molecule has 1 aliphatic rings. The third kappa shape index (κ3) is 33.7. The summed E-state index contributed by atoms with van der Waals surface area (Å²) >= 11 is 0. The Morgan fingerprint density at radius 1 is 0.585 bits per heavy atom. The standard InChI is InChI=1S/C43H71O9P/c1-3-5-7-9-11-13-14-15-16-17-18-19-20-22-24-26-31-35-42(44)49-37-39(38-50-53(46,47)48)51-43(45)36-32-28-27-30-34-41-40(52-41)33-29-25-23-21-12-10-8-6-4-2/h11-13,15-16,18-19,21,25,27,29-30,39-41H,3-10,14,17,20,22-24,26,28,31-38H2,1-2H3,(H2,46,47,48)/b13-11-,16-15-,19-18-,21-12-,29-25-,30-27-/t39-,40?,41?/m1/s1. The molecular weight excluding hydrogens is 691 g/mol. The van der Waals surface area contributed by atoms with Crippen LogP contribution in [0.3, 0.4) is 0 Å². The second-order valence-electron chi connectivity index (χ2n) is 13.6. The third-order valence-corrected chi connectivity index (χ3v) is 9.09. The van der Waals surface area contributed by atoms with Gasteiger partial charge in [0.25, 0.3) is 0 Å². The Balaban J connectivity index is 2.15. The van der Waals surface area contributed by atoms with E-state index in [9.17, 15) is 14.2 Å². The zero-order valence-electron chi connectivity index (χ0n) is 32.8. The van der Waals surface area contributed by atoms with Crippen LogP contribution in [0.2, 0.25) is 0 Å². The summed E-state index contributed by atoms with van der Waals surface area (Å²) in [5.41, 5.74) is 0. The highest BCUT2D eigenvalue weighted by atomic mass is 31.2. The van der Waals surface area contributed by atoms with Crippen LogP contribution in [0.4, 0.5) is 0 Å². The molecule has 2 N–H and O–H groups in total. The molecule has 1 fully saturated rings. The lowest BCUT2D eigenvalue weighted by atomic mass is 10.1. The summed E-state index contributed by atoms with van der Waals surface area (Å²) in [5, 5.41) is 0. The molecule has 9 nitrogen and oxygen atoms in total. The molecule has 0 radical (unpaired) electrons. The Hall–Kier alpha value is -2.55. The number of hydrogen-bond donors (Lipinski definition) is 2. The monoisotopic (exact) mass is 762 g/mol. The van der Waals surface area contributed by atoms with Gasteiger partial charge in [0.1, 0.15) is 6.61 Å². The average molecular weight is 763 g/mol. The average Bonchev–Trinajstić information content (AvgIpc) is 3.88. The van der Waals surface area contributed by atoms with Crippen LogP contribution in [-0.4, -0.2) is 53.3 Å². The highest BCUT2D eigenvalue weighted by Gasteiger charge is 2.36. The molecule has 1 heterocycles. The molecule has 53 heavy (non-hydrogen) atoms. The Labute approximate surface area is 321 Å². The summed E-state index contributed by atoms with van der Waals surface area (Å²) in [6.07, 6.45) is 46.5. The van der Waals surface area contributed by atoms with Crippen LogP contribution in [0.15, 0.2) is 72.9 Å². The number of epoxide rings is 1. The van der Waals surface area contributed by atoms with Crippen molar-refractivity contribution in [3.63, 3.8) is 0 Å². The van der Waals surface area contributed by atoms with Crippen molar-refractivity contribution in [3.05, 3.63) is 72.9 Å². The fourth-order valence-corrected chi connectivity index (χ4v) is 5.77. The van der Waals surface area contributed by atoms with E-state index >= 15 is 0 Å². The normalized spacial score (nSPS) is 17.1. The van der Waals surface area contributed by atoms with E-state index in [1.807, 2.05) is 6.08 Å². The fraction of sp³-hybridized carbons (Fsp3) is 0.674. The Morgan fingerprint density at radius 2 is 1.04 bits per heavy atom. The Kier molecular flexibility index (Phi) is 31.1. The molecule has 0 amide bonds. The maximum absolute atomic E-state index is 12.4. The highest BCUT2D eigenvalue weighted by molar-refractivity contribution is 7.46. The number of carbonyl (C=O) groups is 2. The van der Waals surface area contributed by atoms with E-state index in [2.05, 4.69) is 85.2 Å². The van der Waals surface area contributed by atoms with Gasteiger partial charge in [-0.1, -0.05) is 125 Å². The quantitative estimate of drug-likeness (QED) is 0.0213.